The summed E-state index contributed by atoms with van der Waals surface area (Å²) >= 11 is 0. The Morgan fingerprint density at radius 2 is 2.15 bits per heavy atom. The van der Waals surface area contributed by atoms with Gasteiger partial charge in [-0.05, 0) is 18.6 Å². The second-order valence-electron chi connectivity index (χ2n) is 3.92. The van der Waals surface area contributed by atoms with Crippen LogP contribution in [-0.2, 0) is 0 Å². The minimum absolute atomic E-state index is 0.0515. The van der Waals surface area contributed by atoms with E-state index in [1.807, 2.05) is 0 Å². The molecule has 2 rings (SSSR count). The summed E-state index contributed by atoms with van der Waals surface area (Å²) in [5, 5.41) is 27.1. The fraction of sp³-hybridized carbons (Fsp3) is 0.0833. The van der Waals surface area contributed by atoms with Crippen LogP contribution in [-0.4, -0.2) is 26.2 Å². The van der Waals surface area contributed by atoms with Crippen LogP contribution in [0.4, 0.5) is 5.69 Å². The van der Waals surface area contributed by atoms with E-state index in [0.29, 0.717) is 0 Å². The van der Waals surface area contributed by atoms with Crippen molar-refractivity contribution in [1.29, 1.82) is 0 Å². The van der Waals surface area contributed by atoms with Crippen molar-refractivity contribution in [2.75, 3.05) is 0 Å². The summed E-state index contributed by atoms with van der Waals surface area (Å²) in [4.78, 5) is 21.1. The summed E-state index contributed by atoms with van der Waals surface area (Å²) in [5.74, 6) is -1.36. The molecular formula is C12H9N3O5. The quantitative estimate of drug-likeness (QED) is 0.671. The molecule has 0 spiro atoms. The Kier molecular flexibility index (Phi) is 3.56. The maximum atomic E-state index is 10.9. The number of carboxylic acid groups (broad SMARTS) is 1. The molecule has 1 N–H and O–H groups in total. The average molecular weight is 275 g/mol. The molecule has 0 unspecified atom stereocenters. The Bertz CT molecular complexity index is 687. The van der Waals surface area contributed by atoms with E-state index in [1.54, 1.807) is 6.92 Å². The summed E-state index contributed by atoms with van der Waals surface area (Å²) in [6.45, 7) is 1.75. The van der Waals surface area contributed by atoms with Crippen LogP contribution in [0.5, 0.6) is 11.6 Å². The summed E-state index contributed by atoms with van der Waals surface area (Å²) in [5.41, 5.74) is 0.288. The number of carbonyl (C=O) groups is 1. The second-order valence-corrected chi connectivity index (χ2v) is 3.92. The number of hydrogen-bond donors (Lipinski definition) is 1. The van der Waals surface area contributed by atoms with Crippen LogP contribution in [0.15, 0.2) is 30.5 Å². The van der Waals surface area contributed by atoms with Crippen LogP contribution in [0, 0.1) is 17.0 Å². The van der Waals surface area contributed by atoms with Gasteiger partial charge in [-0.1, -0.05) is 0 Å². The first kappa shape index (κ1) is 13.4. The molecule has 0 amide bonds. The number of aromatic carboxylic acids is 1. The first-order chi connectivity index (χ1) is 9.47. The molecule has 0 radical (unpaired) electrons. The molecule has 1 aromatic heterocycles. The highest BCUT2D eigenvalue weighted by Gasteiger charge is 2.19. The van der Waals surface area contributed by atoms with E-state index in [-0.39, 0.29) is 22.9 Å². The van der Waals surface area contributed by atoms with Crippen molar-refractivity contribution in [2.45, 2.75) is 6.92 Å². The molecule has 0 aliphatic carbocycles. The molecule has 20 heavy (non-hydrogen) atoms. The summed E-state index contributed by atoms with van der Waals surface area (Å²) in [6, 6.07) is 4.81. The number of aryl methyl sites for hydroxylation is 1. The van der Waals surface area contributed by atoms with Gasteiger partial charge < -0.3 is 9.84 Å². The smallest absolute Gasteiger partial charge is 0.335 e. The van der Waals surface area contributed by atoms with E-state index in [1.165, 1.54) is 12.3 Å². The highest BCUT2D eigenvalue weighted by atomic mass is 16.6. The zero-order valence-corrected chi connectivity index (χ0v) is 10.3. The van der Waals surface area contributed by atoms with Gasteiger partial charge in [0.1, 0.15) is 0 Å². The van der Waals surface area contributed by atoms with E-state index in [9.17, 15) is 14.9 Å². The number of nitro groups is 1. The van der Waals surface area contributed by atoms with Crippen LogP contribution in [0.1, 0.15) is 15.9 Å². The van der Waals surface area contributed by atoms with Crippen molar-refractivity contribution in [1.82, 2.24) is 10.2 Å². The van der Waals surface area contributed by atoms with E-state index >= 15 is 0 Å². The maximum absolute atomic E-state index is 10.9. The van der Waals surface area contributed by atoms with Gasteiger partial charge in [-0.15, -0.1) is 5.10 Å². The van der Waals surface area contributed by atoms with E-state index < -0.39 is 10.9 Å². The first-order valence-electron chi connectivity index (χ1n) is 5.46. The number of nitrogens with zero attached hydrogens (tertiary/aromatic N) is 3. The Labute approximate surface area is 112 Å². The van der Waals surface area contributed by atoms with Crippen LogP contribution in [0.2, 0.25) is 0 Å². The normalized spacial score (nSPS) is 10.1. The fourth-order valence-electron chi connectivity index (χ4n) is 1.48. The zero-order chi connectivity index (χ0) is 14.7. The van der Waals surface area contributed by atoms with Crippen molar-refractivity contribution >= 4 is 11.7 Å². The molecular weight excluding hydrogens is 266 g/mol. The van der Waals surface area contributed by atoms with Crippen molar-refractivity contribution in [2.24, 2.45) is 0 Å². The van der Waals surface area contributed by atoms with Gasteiger partial charge in [0.25, 0.3) is 0 Å². The molecule has 0 atom stereocenters. The standard InChI is InChI=1S/C12H9N3O5/c1-7-4-11(14-13-6-7)20-10-5-8(12(16)17)2-3-9(10)15(18)19/h2-6H,1H3,(H,16,17). The fourth-order valence-corrected chi connectivity index (χ4v) is 1.48. The van der Waals surface area contributed by atoms with Crippen LogP contribution in [0.25, 0.3) is 0 Å². The number of benzene rings is 1. The summed E-state index contributed by atoms with van der Waals surface area (Å²) in [7, 11) is 0. The molecule has 0 saturated heterocycles. The highest BCUT2D eigenvalue weighted by molar-refractivity contribution is 5.88. The third-order valence-corrected chi connectivity index (χ3v) is 2.39. The van der Waals surface area contributed by atoms with Gasteiger partial charge in [0.15, 0.2) is 0 Å². The van der Waals surface area contributed by atoms with E-state index in [0.717, 1.165) is 23.8 Å². The monoisotopic (exact) mass is 275 g/mol. The van der Waals surface area contributed by atoms with Gasteiger partial charge in [-0.2, -0.15) is 5.10 Å². The topological polar surface area (TPSA) is 115 Å². The molecule has 8 nitrogen and oxygen atoms in total. The minimum Gasteiger partial charge on any atom is -0.478 e. The first-order valence-corrected chi connectivity index (χ1v) is 5.46. The molecule has 0 bridgehead atoms. The van der Waals surface area contributed by atoms with Crippen LogP contribution < -0.4 is 4.74 Å². The van der Waals surface area contributed by atoms with Crippen molar-refractivity contribution in [3.8, 4) is 11.6 Å². The lowest BCUT2D eigenvalue weighted by Crippen LogP contribution is -2.00. The van der Waals surface area contributed by atoms with Crippen LogP contribution in [0.3, 0.4) is 0 Å². The molecule has 0 saturated carbocycles. The number of rotatable bonds is 4. The van der Waals surface area contributed by atoms with Crippen LogP contribution >= 0.6 is 0 Å². The molecule has 1 heterocycles. The zero-order valence-electron chi connectivity index (χ0n) is 10.3. The van der Waals surface area contributed by atoms with Gasteiger partial charge in [0.05, 0.1) is 16.7 Å². The summed E-state index contributed by atoms with van der Waals surface area (Å²) < 4.78 is 5.26. The third kappa shape index (κ3) is 2.86. The summed E-state index contributed by atoms with van der Waals surface area (Å²) in [6.07, 6.45) is 1.49. The van der Waals surface area contributed by atoms with Crippen molar-refractivity contribution < 1.29 is 19.6 Å². The Morgan fingerprint density at radius 3 is 2.75 bits per heavy atom. The minimum atomic E-state index is -1.21. The molecule has 1 aromatic carbocycles. The van der Waals surface area contributed by atoms with Gasteiger partial charge >= 0.3 is 11.7 Å². The Hall–Kier alpha value is -3.03. The highest BCUT2D eigenvalue weighted by Crippen LogP contribution is 2.31. The van der Waals surface area contributed by atoms with Crippen molar-refractivity contribution in [3.05, 3.63) is 51.7 Å². The SMILES string of the molecule is Cc1cnnc(Oc2cc(C(=O)O)ccc2[N+](=O)[O-])c1. The number of nitro benzene ring substituents is 1. The average Bonchev–Trinajstić information content (AvgIpc) is 2.38. The predicted octanol–water partition coefficient (Wildman–Crippen LogP) is 2.18. The number of aromatic nitrogens is 2. The Balaban J connectivity index is 2.44. The lowest BCUT2D eigenvalue weighted by atomic mass is 10.2. The largest absolute Gasteiger partial charge is 0.478 e. The molecule has 2 aromatic rings. The van der Waals surface area contributed by atoms with E-state index in [2.05, 4.69) is 10.2 Å². The van der Waals surface area contributed by atoms with E-state index in [4.69, 9.17) is 9.84 Å². The maximum Gasteiger partial charge on any atom is 0.335 e. The second kappa shape index (κ2) is 5.31. The molecule has 0 fully saturated rings. The molecule has 102 valence electrons. The predicted molar refractivity (Wildman–Crippen MR) is 66.9 cm³/mol. The van der Waals surface area contributed by atoms with Crippen molar-refractivity contribution in [3.63, 3.8) is 0 Å². The number of carboxylic acids is 1. The number of ether oxygens (including phenoxy) is 1. The molecule has 0 aliphatic rings. The Morgan fingerprint density at radius 1 is 1.40 bits per heavy atom. The lowest BCUT2D eigenvalue weighted by molar-refractivity contribution is -0.385. The third-order valence-electron chi connectivity index (χ3n) is 2.39. The van der Waals surface area contributed by atoms with Gasteiger partial charge in [0.2, 0.25) is 11.6 Å². The van der Waals surface area contributed by atoms with Gasteiger partial charge in [0, 0.05) is 18.2 Å². The molecule has 0 aliphatic heterocycles. The lowest BCUT2D eigenvalue weighted by Gasteiger charge is -2.06. The van der Waals surface area contributed by atoms with Gasteiger partial charge in [-0.25, -0.2) is 4.79 Å². The van der Waals surface area contributed by atoms with Gasteiger partial charge in [-0.3, -0.25) is 10.1 Å². The molecule has 8 heteroatoms. The number of hydrogen-bond acceptors (Lipinski definition) is 6.